The van der Waals surface area contributed by atoms with E-state index >= 15 is 0 Å². The second-order valence-electron chi connectivity index (χ2n) is 10.1. The first kappa shape index (κ1) is 18.6. The van der Waals surface area contributed by atoms with Gasteiger partial charge < -0.3 is 0 Å². The van der Waals surface area contributed by atoms with Crippen LogP contribution >= 0.6 is 0 Å². The van der Waals surface area contributed by atoms with Crippen LogP contribution in [0, 0.1) is 0 Å². The molecule has 0 fully saturated rings. The second kappa shape index (κ2) is 6.50. The molecule has 1 aliphatic rings. The molecule has 9 rings (SSSR count). The van der Waals surface area contributed by atoms with E-state index in [1.165, 1.54) is 87.2 Å². The second-order valence-corrected chi connectivity index (χ2v) is 10.1. The maximum absolute atomic E-state index is 2.46. The summed E-state index contributed by atoms with van der Waals surface area (Å²) in [5, 5.41) is 13.4. The van der Waals surface area contributed by atoms with Crippen LogP contribution in [0.4, 0.5) is 0 Å². The molecule has 0 spiro atoms. The first-order valence-electron chi connectivity index (χ1n) is 12.6. The van der Waals surface area contributed by atoms with Crippen molar-refractivity contribution in [2.45, 2.75) is 0 Å². The lowest BCUT2D eigenvalue weighted by Gasteiger charge is -2.14. The summed E-state index contributed by atoms with van der Waals surface area (Å²) in [6.45, 7) is 0. The van der Waals surface area contributed by atoms with E-state index in [0.717, 1.165) is 0 Å². The third-order valence-corrected chi connectivity index (χ3v) is 8.27. The average molecular weight is 453 g/mol. The smallest absolute Gasteiger partial charge is 0.00137 e. The highest BCUT2D eigenvalue weighted by Gasteiger charge is 2.26. The van der Waals surface area contributed by atoms with Crippen LogP contribution in [-0.4, -0.2) is 0 Å². The molecule has 0 nitrogen and oxygen atoms in total. The lowest BCUT2D eigenvalue weighted by atomic mass is 9.89. The summed E-state index contributed by atoms with van der Waals surface area (Å²) in [5.41, 5.74) is 8.03. The molecule has 0 N–H and O–H groups in total. The predicted molar refractivity (Wildman–Crippen MR) is 155 cm³/mol. The van der Waals surface area contributed by atoms with Crippen LogP contribution in [0.25, 0.3) is 87.2 Å². The number of fused-ring (bicyclic) bond motifs is 5. The standard InChI is InChI=1S/C36H20/c1-2-7-21(8-3-1)34-27-12-5-4-9-24(27)17-26-19-30-28-16-15-23-14-13-22-10-6-11-25-18-32(31(30)20-29(26)34)36(28)35(23)33(22)25/h1-20H. The molecule has 0 saturated carbocycles. The quantitative estimate of drug-likeness (QED) is 0.172. The van der Waals surface area contributed by atoms with Crippen LogP contribution in [0.3, 0.4) is 0 Å². The van der Waals surface area contributed by atoms with Gasteiger partial charge in [-0.2, -0.15) is 0 Å². The van der Waals surface area contributed by atoms with Crippen molar-refractivity contribution >= 4 is 53.9 Å². The summed E-state index contributed by atoms with van der Waals surface area (Å²) in [7, 11) is 0. The molecule has 0 amide bonds. The van der Waals surface area contributed by atoms with Crippen LogP contribution in [-0.2, 0) is 0 Å². The van der Waals surface area contributed by atoms with Gasteiger partial charge in [0.25, 0.3) is 0 Å². The zero-order chi connectivity index (χ0) is 23.4. The van der Waals surface area contributed by atoms with E-state index < -0.39 is 0 Å². The molecule has 0 unspecified atom stereocenters. The molecule has 8 aromatic rings. The van der Waals surface area contributed by atoms with E-state index in [-0.39, 0.29) is 0 Å². The number of hydrogen-bond acceptors (Lipinski definition) is 0. The van der Waals surface area contributed by atoms with E-state index in [1.54, 1.807) is 0 Å². The Morgan fingerprint density at radius 1 is 0.306 bits per heavy atom. The molecule has 0 radical (unpaired) electrons. The normalized spacial score (nSPS) is 12.4. The van der Waals surface area contributed by atoms with Gasteiger partial charge in [-0.1, -0.05) is 97.1 Å². The highest BCUT2D eigenvalue weighted by molar-refractivity contribution is 6.32. The molecule has 0 bridgehead atoms. The van der Waals surface area contributed by atoms with Gasteiger partial charge in [-0.15, -0.1) is 0 Å². The molecule has 36 heavy (non-hydrogen) atoms. The van der Waals surface area contributed by atoms with Gasteiger partial charge in [0, 0.05) is 0 Å². The van der Waals surface area contributed by atoms with Gasteiger partial charge in [-0.3, -0.25) is 0 Å². The maximum atomic E-state index is 2.46. The monoisotopic (exact) mass is 452 g/mol. The molecule has 0 aliphatic heterocycles. The van der Waals surface area contributed by atoms with E-state index in [1.807, 2.05) is 0 Å². The summed E-state index contributed by atoms with van der Waals surface area (Å²) in [4.78, 5) is 0. The number of benzene rings is 8. The fourth-order valence-corrected chi connectivity index (χ4v) is 6.76. The Hall–Kier alpha value is -4.68. The first-order chi connectivity index (χ1) is 17.8. The highest BCUT2D eigenvalue weighted by atomic mass is 14.3. The fraction of sp³-hybridized carbons (Fsp3) is 0. The van der Waals surface area contributed by atoms with Crippen LogP contribution in [0.2, 0.25) is 0 Å². The Balaban J connectivity index is 1.48. The van der Waals surface area contributed by atoms with Crippen LogP contribution in [0.1, 0.15) is 0 Å². The van der Waals surface area contributed by atoms with E-state index in [2.05, 4.69) is 121 Å². The van der Waals surface area contributed by atoms with Crippen molar-refractivity contribution in [3.8, 4) is 33.4 Å². The first-order valence-corrected chi connectivity index (χ1v) is 12.6. The van der Waals surface area contributed by atoms with E-state index in [9.17, 15) is 0 Å². The minimum absolute atomic E-state index is 1.27. The van der Waals surface area contributed by atoms with Gasteiger partial charge in [-0.25, -0.2) is 0 Å². The summed E-state index contributed by atoms with van der Waals surface area (Å²) in [6.07, 6.45) is 0. The SMILES string of the molecule is c1ccc(-c2c3ccccc3cc3cc4c(cc23)-c2cc3cccc5ccc6ccc-4c2c6c53)cc1. The van der Waals surface area contributed by atoms with Crippen molar-refractivity contribution in [1.82, 2.24) is 0 Å². The lowest BCUT2D eigenvalue weighted by Crippen LogP contribution is -1.87. The van der Waals surface area contributed by atoms with E-state index in [0.29, 0.717) is 0 Å². The molecule has 8 aromatic carbocycles. The summed E-state index contributed by atoms with van der Waals surface area (Å²) in [5.74, 6) is 0. The van der Waals surface area contributed by atoms with Gasteiger partial charge in [0.15, 0.2) is 0 Å². The maximum Gasteiger partial charge on any atom is -0.00137 e. The van der Waals surface area contributed by atoms with Gasteiger partial charge in [0.1, 0.15) is 0 Å². The molecular weight excluding hydrogens is 432 g/mol. The minimum Gasteiger partial charge on any atom is -0.0622 e. The van der Waals surface area contributed by atoms with Gasteiger partial charge in [-0.05, 0) is 112 Å². The van der Waals surface area contributed by atoms with Crippen LogP contribution in [0.5, 0.6) is 0 Å². The third-order valence-electron chi connectivity index (χ3n) is 8.27. The van der Waals surface area contributed by atoms with Gasteiger partial charge in [0.05, 0.1) is 0 Å². The van der Waals surface area contributed by atoms with Crippen molar-refractivity contribution in [2.75, 3.05) is 0 Å². The molecule has 0 atom stereocenters. The Morgan fingerprint density at radius 2 is 1.00 bits per heavy atom. The average Bonchev–Trinajstić information content (AvgIpc) is 3.24. The molecule has 0 heterocycles. The Kier molecular flexibility index (Phi) is 3.36. The van der Waals surface area contributed by atoms with Crippen molar-refractivity contribution in [1.29, 1.82) is 0 Å². The molecule has 0 saturated heterocycles. The van der Waals surface area contributed by atoms with Crippen molar-refractivity contribution in [3.63, 3.8) is 0 Å². The van der Waals surface area contributed by atoms with Crippen molar-refractivity contribution in [3.05, 3.63) is 121 Å². The fourth-order valence-electron chi connectivity index (χ4n) is 6.76. The van der Waals surface area contributed by atoms with Crippen LogP contribution in [0.15, 0.2) is 121 Å². The Morgan fingerprint density at radius 3 is 1.92 bits per heavy atom. The zero-order valence-electron chi connectivity index (χ0n) is 19.5. The van der Waals surface area contributed by atoms with Crippen molar-refractivity contribution < 1.29 is 0 Å². The predicted octanol–water partition coefficient (Wildman–Crippen LogP) is 10.2. The summed E-state index contributed by atoms with van der Waals surface area (Å²) >= 11 is 0. The molecule has 164 valence electrons. The van der Waals surface area contributed by atoms with Crippen molar-refractivity contribution in [2.24, 2.45) is 0 Å². The Labute approximate surface area is 208 Å². The third kappa shape index (κ3) is 2.25. The highest BCUT2D eigenvalue weighted by Crippen LogP contribution is 2.53. The molecule has 1 aliphatic carbocycles. The minimum atomic E-state index is 1.27. The number of hydrogen-bond donors (Lipinski definition) is 0. The van der Waals surface area contributed by atoms with Crippen LogP contribution < -0.4 is 0 Å². The largest absolute Gasteiger partial charge is 0.0622 e. The lowest BCUT2D eigenvalue weighted by molar-refractivity contribution is 1.67. The molecular formula is C36H20. The summed E-state index contributed by atoms with van der Waals surface area (Å²) < 4.78 is 0. The number of rotatable bonds is 1. The van der Waals surface area contributed by atoms with Gasteiger partial charge in [0.2, 0.25) is 0 Å². The topological polar surface area (TPSA) is 0 Å². The zero-order valence-corrected chi connectivity index (χ0v) is 19.5. The molecule has 0 heteroatoms. The van der Waals surface area contributed by atoms with Gasteiger partial charge >= 0.3 is 0 Å². The summed E-state index contributed by atoms with van der Waals surface area (Å²) in [6, 6.07) is 45.2. The Bertz CT molecular complexity index is 2180. The van der Waals surface area contributed by atoms with E-state index in [4.69, 9.17) is 0 Å². The molecule has 0 aromatic heterocycles.